The first kappa shape index (κ1) is 17.8. The van der Waals surface area contributed by atoms with Crippen molar-refractivity contribution in [2.24, 2.45) is 0 Å². The summed E-state index contributed by atoms with van der Waals surface area (Å²) in [6, 6.07) is 13.2. The van der Waals surface area contributed by atoms with Gasteiger partial charge in [0, 0.05) is 24.7 Å². The van der Waals surface area contributed by atoms with Crippen LogP contribution in [0.15, 0.2) is 42.5 Å². The molecule has 0 aliphatic carbocycles. The van der Waals surface area contributed by atoms with Gasteiger partial charge in [0.05, 0.1) is 12.3 Å². The van der Waals surface area contributed by atoms with E-state index in [0.717, 1.165) is 11.3 Å². The fraction of sp³-hybridized carbons (Fsp3) is 0.368. The highest BCUT2D eigenvalue weighted by molar-refractivity contribution is 5.92. The summed E-state index contributed by atoms with van der Waals surface area (Å²) in [5.74, 6) is -0.244. The molecule has 7 heteroatoms. The lowest BCUT2D eigenvalue weighted by atomic mass is 10.1. The smallest absolute Gasteiger partial charge is 0.409 e. The molecule has 0 saturated carbocycles. The monoisotopic (exact) mass is 354 g/mol. The average molecular weight is 354 g/mol. The van der Waals surface area contributed by atoms with E-state index in [2.05, 4.69) is 15.5 Å². The van der Waals surface area contributed by atoms with Gasteiger partial charge in [-0.05, 0) is 31.9 Å². The van der Waals surface area contributed by atoms with Crippen LogP contribution in [0.4, 0.5) is 4.79 Å². The molecule has 7 nitrogen and oxygen atoms in total. The number of carbonyl (C=O) groups excluding carboxylic acids is 2. The topological polar surface area (TPSA) is 84.4 Å². The number of hydrogen-bond acceptors (Lipinski definition) is 5. The third-order valence-electron chi connectivity index (χ3n) is 4.32. The molecule has 26 heavy (non-hydrogen) atoms. The molecule has 1 fully saturated rings. The van der Waals surface area contributed by atoms with Gasteiger partial charge in [0.25, 0.3) is 5.91 Å². The molecule has 2 heterocycles. The molecule has 0 radical (unpaired) electrons. The number of nitrogens with zero attached hydrogens (tertiary/aromatic N) is 3. The van der Waals surface area contributed by atoms with Gasteiger partial charge in [-0.15, -0.1) is 10.2 Å². The second kappa shape index (κ2) is 8.42. The predicted octanol–water partition coefficient (Wildman–Crippen LogP) is 2.49. The summed E-state index contributed by atoms with van der Waals surface area (Å²) in [5.41, 5.74) is 1.97. The Bertz CT molecular complexity index is 741. The zero-order valence-electron chi connectivity index (χ0n) is 14.7. The van der Waals surface area contributed by atoms with E-state index >= 15 is 0 Å². The molecule has 0 spiro atoms. The van der Waals surface area contributed by atoms with Crippen LogP contribution < -0.4 is 5.32 Å². The Morgan fingerprint density at radius 3 is 2.46 bits per heavy atom. The van der Waals surface area contributed by atoms with Crippen molar-refractivity contribution in [2.75, 3.05) is 19.7 Å². The lowest BCUT2D eigenvalue weighted by molar-refractivity contribution is 0.0856. The van der Waals surface area contributed by atoms with Crippen LogP contribution in [-0.4, -0.2) is 52.8 Å². The molecule has 0 bridgehead atoms. The van der Waals surface area contributed by atoms with Gasteiger partial charge in [-0.2, -0.15) is 0 Å². The van der Waals surface area contributed by atoms with Gasteiger partial charge in [0.15, 0.2) is 5.69 Å². The van der Waals surface area contributed by atoms with Crippen LogP contribution in [0.25, 0.3) is 11.3 Å². The van der Waals surface area contributed by atoms with Crippen LogP contribution in [0.2, 0.25) is 0 Å². The zero-order valence-corrected chi connectivity index (χ0v) is 14.7. The third kappa shape index (κ3) is 4.36. The molecule has 1 N–H and O–H groups in total. The van der Waals surface area contributed by atoms with Gasteiger partial charge in [0.1, 0.15) is 0 Å². The van der Waals surface area contributed by atoms with Crippen molar-refractivity contribution in [1.29, 1.82) is 0 Å². The van der Waals surface area contributed by atoms with Gasteiger partial charge in [0.2, 0.25) is 0 Å². The highest BCUT2D eigenvalue weighted by Gasteiger charge is 2.25. The van der Waals surface area contributed by atoms with E-state index in [0.29, 0.717) is 32.5 Å². The van der Waals surface area contributed by atoms with Crippen LogP contribution in [0.1, 0.15) is 30.3 Å². The molecule has 2 aromatic rings. The predicted molar refractivity (Wildman–Crippen MR) is 96.6 cm³/mol. The molecule has 1 aromatic carbocycles. The fourth-order valence-corrected chi connectivity index (χ4v) is 2.90. The van der Waals surface area contributed by atoms with Crippen molar-refractivity contribution < 1.29 is 14.3 Å². The molecule has 1 aliphatic rings. The molecular formula is C19H22N4O3. The molecule has 0 unspecified atom stereocenters. The summed E-state index contributed by atoms with van der Waals surface area (Å²) in [7, 11) is 0. The van der Waals surface area contributed by atoms with Gasteiger partial charge in [-0.25, -0.2) is 4.79 Å². The number of aromatic nitrogens is 2. The second-order valence-electron chi connectivity index (χ2n) is 6.10. The Morgan fingerprint density at radius 2 is 1.85 bits per heavy atom. The number of rotatable bonds is 4. The number of amides is 2. The largest absolute Gasteiger partial charge is 0.450 e. The van der Waals surface area contributed by atoms with E-state index in [1.54, 1.807) is 24.0 Å². The molecule has 0 atom stereocenters. The minimum Gasteiger partial charge on any atom is -0.450 e. The summed E-state index contributed by atoms with van der Waals surface area (Å²) in [4.78, 5) is 25.7. The van der Waals surface area contributed by atoms with Crippen LogP contribution >= 0.6 is 0 Å². The third-order valence-corrected chi connectivity index (χ3v) is 4.32. The van der Waals surface area contributed by atoms with Crippen molar-refractivity contribution in [3.8, 4) is 11.3 Å². The Hall–Kier alpha value is -2.96. The average Bonchev–Trinajstić information content (AvgIpc) is 2.69. The van der Waals surface area contributed by atoms with Crippen LogP contribution in [0.5, 0.6) is 0 Å². The number of hydrogen-bond donors (Lipinski definition) is 1. The molecule has 1 aliphatic heterocycles. The number of benzene rings is 1. The van der Waals surface area contributed by atoms with Crippen LogP contribution in [0.3, 0.4) is 0 Å². The first-order chi connectivity index (χ1) is 12.7. The zero-order chi connectivity index (χ0) is 18.4. The van der Waals surface area contributed by atoms with Crippen molar-refractivity contribution in [1.82, 2.24) is 20.4 Å². The van der Waals surface area contributed by atoms with Gasteiger partial charge < -0.3 is 15.0 Å². The first-order valence-corrected chi connectivity index (χ1v) is 8.79. The molecule has 2 amide bonds. The maximum Gasteiger partial charge on any atom is 0.409 e. The summed E-state index contributed by atoms with van der Waals surface area (Å²) in [6.45, 7) is 3.30. The Balaban J connectivity index is 1.53. The number of piperidine rings is 1. The molecule has 1 aromatic heterocycles. The number of carbonyl (C=O) groups is 2. The van der Waals surface area contributed by atoms with Crippen LogP contribution in [-0.2, 0) is 4.74 Å². The van der Waals surface area contributed by atoms with E-state index in [4.69, 9.17) is 4.74 Å². The Morgan fingerprint density at radius 1 is 1.12 bits per heavy atom. The molecule has 136 valence electrons. The minimum absolute atomic E-state index is 0.0174. The normalized spacial score (nSPS) is 14.7. The minimum atomic E-state index is -0.292. The van der Waals surface area contributed by atoms with Gasteiger partial charge in [-0.3, -0.25) is 4.79 Å². The SMILES string of the molecule is CCOC(=O)N1CCC(NC(=O)c2ccc(-c3ccccc3)nn2)CC1. The van der Waals surface area contributed by atoms with E-state index in [1.165, 1.54) is 0 Å². The van der Waals surface area contributed by atoms with E-state index in [-0.39, 0.29) is 23.7 Å². The van der Waals surface area contributed by atoms with E-state index < -0.39 is 0 Å². The highest BCUT2D eigenvalue weighted by Crippen LogP contribution is 2.16. The fourth-order valence-electron chi connectivity index (χ4n) is 2.90. The van der Waals surface area contributed by atoms with E-state index in [1.807, 2.05) is 30.3 Å². The standard InChI is InChI=1S/C19H22N4O3/c1-2-26-19(25)23-12-10-15(11-13-23)20-18(24)17-9-8-16(21-22-17)14-6-4-3-5-7-14/h3-9,15H,2,10-13H2,1H3,(H,20,24). The highest BCUT2D eigenvalue weighted by atomic mass is 16.6. The Labute approximate surface area is 152 Å². The van der Waals surface area contributed by atoms with Crippen molar-refractivity contribution in [3.63, 3.8) is 0 Å². The van der Waals surface area contributed by atoms with E-state index in [9.17, 15) is 9.59 Å². The first-order valence-electron chi connectivity index (χ1n) is 8.79. The summed E-state index contributed by atoms with van der Waals surface area (Å²) in [5, 5.41) is 11.1. The second-order valence-corrected chi connectivity index (χ2v) is 6.10. The summed E-state index contributed by atoms with van der Waals surface area (Å²) >= 11 is 0. The van der Waals surface area contributed by atoms with Crippen molar-refractivity contribution in [2.45, 2.75) is 25.8 Å². The van der Waals surface area contributed by atoms with Crippen molar-refractivity contribution in [3.05, 3.63) is 48.2 Å². The van der Waals surface area contributed by atoms with Gasteiger partial charge >= 0.3 is 6.09 Å². The number of ether oxygens (including phenoxy) is 1. The molecular weight excluding hydrogens is 332 g/mol. The van der Waals surface area contributed by atoms with Crippen LogP contribution in [0, 0.1) is 0 Å². The lowest BCUT2D eigenvalue weighted by Gasteiger charge is -2.31. The molecule has 3 rings (SSSR count). The summed E-state index contributed by atoms with van der Waals surface area (Å²) in [6.07, 6.45) is 1.10. The number of nitrogens with one attached hydrogen (secondary N) is 1. The maximum absolute atomic E-state index is 12.4. The molecule has 1 saturated heterocycles. The summed E-state index contributed by atoms with van der Waals surface area (Å²) < 4.78 is 5.00. The Kier molecular flexibility index (Phi) is 5.78. The number of likely N-dealkylation sites (tertiary alicyclic amines) is 1. The van der Waals surface area contributed by atoms with Gasteiger partial charge in [-0.1, -0.05) is 30.3 Å². The lowest BCUT2D eigenvalue weighted by Crippen LogP contribution is -2.46. The maximum atomic E-state index is 12.4. The van der Waals surface area contributed by atoms with Crippen molar-refractivity contribution >= 4 is 12.0 Å². The quantitative estimate of drug-likeness (QED) is 0.912.